The molecular weight excluding hydrogens is 417 g/mol. The van der Waals surface area contributed by atoms with Crippen LogP contribution in [0.3, 0.4) is 0 Å². The zero-order valence-electron chi connectivity index (χ0n) is 19.4. The summed E-state index contributed by atoms with van der Waals surface area (Å²) >= 11 is 0. The summed E-state index contributed by atoms with van der Waals surface area (Å²) < 4.78 is 14.5. The number of benzene rings is 1. The van der Waals surface area contributed by atoms with Crippen molar-refractivity contribution in [3.63, 3.8) is 0 Å². The number of nitrogens with one attached hydrogen (secondary N) is 1. The van der Waals surface area contributed by atoms with Crippen molar-refractivity contribution in [3.8, 4) is 0 Å². The lowest BCUT2D eigenvalue weighted by molar-refractivity contribution is 0.0869. The van der Waals surface area contributed by atoms with Crippen LogP contribution >= 0.6 is 0 Å². The zero-order valence-corrected chi connectivity index (χ0v) is 19.4. The number of piperazine rings is 1. The van der Waals surface area contributed by atoms with Crippen molar-refractivity contribution < 1.29 is 9.18 Å². The molecule has 4 aliphatic carbocycles. The standard InChI is InChI=1S/C26H32FN5O/c1-16-3-4-23(21(27)9-16)31-7-8-32(17(2)15-31)25-28-6-5-22(29-25)24(33)30-26-13-18-10-19(14-26)12-20(26)11-18/h3-6,9,17-20H,7-8,10-15H2,1-2H3,(H,30,33)/t17-,18?,19?,20?,26?/m1/s1. The molecular formula is C26H32FN5O. The Bertz CT molecular complexity index is 1080. The van der Waals surface area contributed by atoms with Gasteiger partial charge in [-0.15, -0.1) is 0 Å². The number of rotatable bonds is 4. The average Bonchev–Trinajstić information content (AvgIpc) is 3.16. The summed E-state index contributed by atoms with van der Waals surface area (Å²) in [5.74, 6) is 2.55. The van der Waals surface area contributed by atoms with Gasteiger partial charge in [0, 0.05) is 37.4 Å². The maximum atomic E-state index is 14.5. The molecule has 0 spiro atoms. The van der Waals surface area contributed by atoms with Crippen LogP contribution in [0.2, 0.25) is 0 Å². The summed E-state index contributed by atoms with van der Waals surface area (Å²) in [6, 6.07) is 7.20. The van der Waals surface area contributed by atoms with E-state index in [4.69, 9.17) is 0 Å². The van der Waals surface area contributed by atoms with E-state index in [0.717, 1.165) is 30.2 Å². The van der Waals surface area contributed by atoms with Crippen molar-refractivity contribution in [3.05, 3.63) is 47.5 Å². The SMILES string of the molecule is Cc1ccc(N2CCN(c3nccc(C(=O)NC45CC6CC(CC4C6)C5)n3)[C@H](C)C2)c(F)c1. The van der Waals surface area contributed by atoms with Crippen LogP contribution in [0.4, 0.5) is 16.0 Å². The van der Waals surface area contributed by atoms with Crippen LogP contribution in [0.5, 0.6) is 0 Å². The van der Waals surface area contributed by atoms with Gasteiger partial charge in [-0.2, -0.15) is 0 Å². The number of carbonyl (C=O) groups is 1. The molecule has 2 heterocycles. The molecule has 2 aromatic rings. The third-order valence-electron chi connectivity index (χ3n) is 8.56. The molecule has 0 radical (unpaired) electrons. The van der Waals surface area contributed by atoms with Crippen molar-refractivity contribution in [1.82, 2.24) is 15.3 Å². The smallest absolute Gasteiger partial charge is 0.270 e. The first-order valence-corrected chi connectivity index (χ1v) is 12.3. The minimum atomic E-state index is -0.181. The number of halogens is 1. The molecule has 3 atom stereocenters. The van der Waals surface area contributed by atoms with Gasteiger partial charge in [0.1, 0.15) is 11.5 Å². The Balaban J connectivity index is 1.16. The van der Waals surface area contributed by atoms with Crippen molar-refractivity contribution in [2.75, 3.05) is 29.4 Å². The molecule has 6 nitrogen and oxygen atoms in total. The summed E-state index contributed by atoms with van der Waals surface area (Å²) in [6.07, 6.45) is 7.84. The highest BCUT2D eigenvalue weighted by Crippen LogP contribution is 2.60. The van der Waals surface area contributed by atoms with E-state index in [-0.39, 0.29) is 23.3 Å². The van der Waals surface area contributed by atoms with Crippen molar-refractivity contribution in [1.29, 1.82) is 0 Å². The van der Waals surface area contributed by atoms with Crippen LogP contribution in [0.15, 0.2) is 30.5 Å². The van der Waals surface area contributed by atoms with Gasteiger partial charge in [-0.1, -0.05) is 6.07 Å². The Morgan fingerprint density at radius 3 is 2.67 bits per heavy atom. The molecule has 1 amide bonds. The highest BCUT2D eigenvalue weighted by molar-refractivity contribution is 5.93. The van der Waals surface area contributed by atoms with Gasteiger partial charge in [-0.05, 0) is 87.5 Å². The van der Waals surface area contributed by atoms with E-state index in [1.165, 1.54) is 19.3 Å². The number of aryl methyl sites for hydroxylation is 1. The summed E-state index contributed by atoms with van der Waals surface area (Å²) in [5.41, 5.74) is 2.00. The predicted molar refractivity (Wildman–Crippen MR) is 126 cm³/mol. The predicted octanol–water partition coefficient (Wildman–Crippen LogP) is 3.95. The Hall–Kier alpha value is -2.70. The molecule has 1 N–H and O–H groups in total. The third-order valence-corrected chi connectivity index (χ3v) is 8.56. The first-order chi connectivity index (χ1) is 15.9. The van der Waals surface area contributed by atoms with Crippen LogP contribution in [0, 0.1) is 30.5 Å². The van der Waals surface area contributed by atoms with Crippen LogP contribution in [-0.2, 0) is 0 Å². The lowest BCUT2D eigenvalue weighted by Gasteiger charge is -2.41. The topological polar surface area (TPSA) is 61.4 Å². The van der Waals surface area contributed by atoms with Crippen LogP contribution in [0.1, 0.15) is 55.1 Å². The van der Waals surface area contributed by atoms with Gasteiger partial charge < -0.3 is 15.1 Å². The normalized spacial score (nSPS) is 32.5. The Labute approximate surface area is 194 Å². The van der Waals surface area contributed by atoms with Gasteiger partial charge in [-0.3, -0.25) is 4.79 Å². The fourth-order valence-corrected chi connectivity index (χ4v) is 7.25. The molecule has 1 aliphatic heterocycles. The zero-order chi connectivity index (χ0) is 22.7. The van der Waals surface area contributed by atoms with Gasteiger partial charge in [0.25, 0.3) is 5.91 Å². The van der Waals surface area contributed by atoms with E-state index >= 15 is 0 Å². The summed E-state index contributed by atoms with van der Waals surface area (Å²) in [6.45, 7) is 6.02. The summed E-state index contributed by atoms with van der Waals surface area (Å²) in [7, 11) is 0. The van der Waals surface area contributed by atoms with E-state index in [1.807, 2.05) is 19.1 Å². The highest BCUT2D eigenvalue weighted by atomic mass is 19.1. The number of amides is 1. The Morgan fingerprint density at radius 1 is 1.15 bits per heavy atom. The maximum absolute atomic E-state index is 14.5. The van der Waals surface area contributed by atoms with Gasteiger partial charge in [0.2, 0.25) is 5.95 Å². The number of anilines is 2. The largest absolute Gasteiger partial charge is 0.365 e. The Kier molecular flexibility index (Phi) is 4.85. The maximum Gasteiger partial charge on any atom is 0.270 e. The molecule has 7 rings (SSSR count). The second-order valence-corrected chi connectivity index (χ2v) is 10.8. The third kappa shape index (κ3) is 3.56. The minimum Gasteiger partial charge on any atom is -0.365 e. The van der Waals surface area contributed by atoms with Gasteiger partial charge in [-0.25, -0.2) is 14.4 Å². The van der Waals surface area contributed by atoms with E-state index < -0.39 is 0 Å². The molecule has 1 aromatic heterocycles. The number of hydrogen-bond acceptors (Lipinski definition) is 5. The molecule has 1 aromatic carbocycles. The molecule has 7 heteroatoms. The first-order valence-electron chi connectivity index (χ1n) is 12.3. The van der Waals surface area contributed by atoms with E-state index in [1.54, 1.807) is 18.3 Å². The summed E-state index contributed by atoms with van der Waals surface area (Å²) in [4.78, 5) is 26.6. The number of nitrogens with zero attached hydrogens (tertiary/aromatic N) is 4. The van der Waals surface area contributed by atoms with E-state index in [9.17, 15) is 9.18 Å². The molecule has 4 bridgehead atoms. The van der Waals surface area contributed by atoms with Crippen molar-refractivity contribution >= 4 is 17.5 Å². The second kappa shape index (κ2) is 7.67. The lowest BCUT2D eigenvalue weighted by atomic mass is 9.80. The van der Waals surface area contributed by atoms with Crippen molar-refractivity contribution in [2.24, 2.45) is 17.8 Å². The fourth-order valence-electron chi connectivity index (χ4n) is 7.25. The minimum absolute atomic E-state index is 0.00713. The highest BCUT2D eigenvalue weighted by Gasteiger charge is 2.58. The Morgan fingerprint density at radius 2 is 1.94 bits per heavy atom. The number of carbonyl (C=O) groups excluding carboxylic acids is 1. The van der Waals surface area contributed by atoms with Gasteiger partial charge >= 0.3 is 0 Å². The molecule has 174 valence electrons. The number of hydrogen-bond donors (Lipinski definition) is 1. The quantitative estimate of drug-likeness (QED) is 0.766. The van der Waals surface area contributed by atoms with Crippen molar-refractivity contribution in [2.45, 2.75) is 57.5 Å². The lowest BCUT2D eigenvalue weighted by Crippen LogP contribution is -2.53. The number of aromatic nitrogens is 2. The fraction of sp³-hybridized carbons (Fsp3) is 0.577. The molecule has 33 heavy (non-hydrogen) atoms. The summed E-state index contributed by atoms with van der Waals surface area (Å²) in [5, 5.41) is 3.41. The molecule has 1 saturated heterocycles. The van der Waals surface area contributed by atoms with E-state index in [2.05, 4.69) is 32.0 Å². The molecule has 2 unspecified atom stereocenters. The van der Waals surface area contributed by atoms with Crippen LogP contribution in [-0.4, -0.2) is 47.1 Å². The molecule has 5 aliphatic rings. The molecule has 4 saturated carbocycles. The van der Waals surface area contributed by atoms with Gasteiger partial charge in [0.15, 0.2) is 0 Å². The van der Waals surface area contributed by atoms with Crippen LogP contribution < -0.4 is 15.1 Å². The van der Waals surface area contributed by atoms with Gasteiger partial charge in [0.05, 0.1) is 5.69 Å². The van der Waals surface area contributed by atoms with E-state index in [0.29, 0.717) is 42.9 Å². The average molecular weight is 450 g/mol. The first kappa shape index (κ1) is 20.9. The molecule has 5 fully saturated rings. The van der Waals surface area contributed by atoms with Crippen LogP contribution in [0.25, 0.3) is 0 Å². The monoisotopic (exact) mass is 449 g/mol. The second-order valence-electron chi connectivity index (χ2n) is 10.8.